The first-order valence-electron chi connectivity index (χ1n) is 11.7. The van der Waals surface area contributed by atoms with Crippen molar-refractivity contribution in [1.29, 1.82) is 0 Å². The maximum atomic E-state index is 15.6. The van der Waals surface area contributed by atoms with Gasteiger partial charge in [0.2, 0.25) is 5.43 Å². The van der Waals surface area contributed by atoms with E-state index in [1.54, 1.807) is 9.47 Å². The van der Waals surface area contributed by atoms with Gasteiger partial charge >= 0.3 is 12.1 Å². The van der Waals surface area contributed by atoms with Gasteiger partial charge in [0, 0.05) is 36.1 Å². The lowest BCUT2D eigenvalue weighted by Crippen LogP contribution is -2.27. The number of nitrogens with one attached hydrogen (secondary N) is 1. The fourth-order valence-corrected chi connectivity index (χ4v) is 5.07. The summed E-state index contributed by atoms with van der Waals surface area (Å²) in [5, 5.41) is 9.41. The highest BCUT2D eigenvalue weighted by Gasteiger charge is 2.40. The molecule has 2 aromatic heterocycles. The van der Waals surface area contributed by atoms with E-state index in [-0.39, 0.29) is 36.0 Å². The number of halogens is 4. The van der Waals surface area contributed by atoms with Crippen molar-refractivity contribution in [2.75, 3.05) is 25.1 Å². The van der Waals surface area contributed by atoms with E-state index in [1.807, 2.05) is 0 Å². The molecule has 1 saturated heterocycles. The first-order valence-corrected chi connectivity index (χ1v) is 11.7. The molecule has 1 atom stereocenters. The third-order valence-corrected chi connectivity index (χ3v) is 6.99. The van der Waals surface area contributed by atoms with Gasteiger partial charge in [-0.05, 0) is 31.0 Å². The Morgan fingerprint density at radius 2 is 2.05 bits per heavy atom. The zero-order chi connectivity index (χ0) is 26.9. The number of carboxylic acid groups (broad SMARTS) is 1. The van der Waals surface area contributed by atoms with E-state index in [2.05, 4.69) is 10.5 Å². The van der Waals surface area contributed by atoms with Crippen molar-refractivity contribution in [3.8, 4) is 5.75 Å². The minimum absolute atomic E-state index is 0.0459. The number of aromatic nitrogens is 2. The fraction of sp³-hybridized carbons (Fsp3) is 0.320. The summed E-state index contributed by atoms with van der Waals surface area (Å²) in [5.74, 6) is -2.08. The highest BCUT2D eigenvalue weighted by atomic mass is 19.4. The lowest BCUT2D eigenvalue weighted by molar-refractivity contribution is -0.141. The monoisotopic (exact) mass is 532 g/mol. The standard InChI is InChI=1S/C25H20F4N4O5/c1-37-23-20-13(22(34)15(24(35)36)9-33(20)12-3-4-12)6-16(26)21(23)32-8-14-17(10-32)38-31-19(14)11-2-5-18(30-7-11)25(27,28)29/h2,5-7,9,12,17,31H,3-4,8,10H2,1H3,(H,35,36). The molecule has 1 unspecified atom stereocenters. The number of aromatic carboxylic acids is 1. The molecule has 0 radical (unpaired) electrons. The molecule has 198 valence electrons. The Kier molecular flexibility index (Phi) is 5.38. The van der Waals surface area contributed by atoms with Gasteiger partial charge in [-0.3, -0.25) is 20.1 Å². The van der Waals surface area contributed by atoms with Crippen LogP contribution in [0, 0.1) is 5.82 Å². The van der Waals surface area contributed by atoms with Crippen molar-refractivity contribution in [1.82, 2.24) is 15.0 Å². The zero-order valence-electron chi connectivity index (χ0n) is 19.8. The number of methoxy groups -OCH3 is 1. The normalized spacial score (nSPS) is 19.2. The second kappa shape index (κ2) is 8.45. The van der Waals surface area contributed by atoms with Crippen molar-refractivity contribution < 1.29 is 37.0 Å². The SMILES string of the molecule is COc1c(N2CC3=C(c4ccc(C(F)(F)F)nc4)NOC3C2)c(F)cc2c(=O)c(C(=O)O)cn(C3CC3)c12. The lowest BCUT2D eigenvalue weighted by Gasteiger charge is -2.25. The van der Waals surface area contributed by atoms with Crippen LogP contribution in [0.5, 0.6) is 5.75 Å². The van der Waals surface area contributed by atoms with Crippen molar-refractivity contribution in [3.05, 3.63) is 69.0 Å². The maximum Gasteiger partial charge on any atom is 0.433 e. The molecule has 38 heavy (non-hydrogen) atoms. The molecule has 9 nitrogen and oxygen atoms in total. The number of benzene rings is 1. The number of pyridine rings is 2. The third kappa shape index (κ3) is 3.76. The number of fused-ring (bicyclic) bond motifs is 2. The molecule has 1 saturated carbocycles. The minimum Gasteiger partial charge on any atom is -0.492 e. The smallest absolute Gasteiger partial charge is 0.433 e. The molecule has 1 aromatic carbocycles. The van der Waals surface area contributed by atoms with Gasteiger partial charge in [-0.1, -0.05) is 0 Å². The molecule has 0 spiro atoms. The molecule has 2 N–H and O–H groups in total. The van der Waals surface area contributed by atoms with E-state index in [0.717, 1.165) is 31.2 Å². The van der Waals surface area contributed by atoms with Crippen LogP contribution >= 0.6 is 0 Å². The number of alkyl halides is 3. The average Bonchev–Trinajstić information content (AvgIpc) is 3.51. The van der Waals surface area contributed by atoms with E-state index >= 15 is 4.39 Å². The molecular weight excluding hydrogens is 512 g/mol. The van der Waals surface area contributed by atoms with Gasteiger partial charge in [0.25, 0.3) is 0 Å². The van der Waals surface area contributed by atoms with E-state index < -0.39 is 40.8 Å². The number of carbonyl (C=O) groups is 1. The number of nitrogens with zero attached hydrogens (tertiary/aromatic N) is 3. The van der Waals surface area contributed by atoms with Crippen LogP contribution in [-0.4, -0.2) is 46.9 Å². The van der Waals surface area contributed by atoms with Crippen LogP contribution in [0.15, 0.2) is 41.0 Å². The topological polar surface area (TPSA) is 106 Å². The number of rotatable bonds is 5. The number of anilines is 1. The molecule has 0 amide bonds. The molecule has 3 aromatic rings. The summed E-state index contributed by atoms with van der Waals surface area (Å²) in [4.78, 5) is 35.4. The third-order valence-electron chi connectivity index (χ3n) is 6.99. The van der Waals surface area contributed by atoms with Crippen molar-refractivity contribution in [3.63, 3.8) is 0 Å². The molecule has 4 heterocycles. The predicted octanol–water partition coefficient (Wildman–Crippen LogP) is 3.73. The van der Waals surface area contributed by atoms with Crippen LogP contribution in [0.1, 0.15) is 40.5 Å². The number of hydrogen-bond acceptors (Lipinski definition) is 7. The van der Waals surface area contributed by atoms with Gasteiger partial charge in [-0.2, -0.15) is 13.2 Å². The summed E-state index contributed by atoms with van der Waals surface area (Å²) in [6.45, 7) is 0.354. The molecular formula is C25H20F4N4O5. The first kappa shape index (κ1) is 24.2. The Bertz CT molecular complexity index is 1580. The molecule has 2 aliphatic heterocycles. The van der Waals surface area contributed by atoms with Crippen LogP contribution in [0.25, 0.3) is 16.6 Å². The van der Waals surface area contributed by atoms with E-state index in [1.165, 1.54) is 19.4 Å². The van der Waals surface area contributed by atoms with Gasteiger partial charge in [-0.15, -0.1) is 0 Å². The van der Waals surface area contributed by atoms with Crippen LogP contribution in [0.2, 0.25) is 0 Å². The van der Waals surface area contributed by atoms with E-state index in [4.69, 9.17) is 9.57 Å². The summed E-state index contributed by atoms with van der Waals surface area (Å²) in [6, 6.07) is 3.14. The quantitative estimate of drug-likeness (QED) is 0.479. The Balaban J connectivity index is 1.44. The Morgan fingerprint density at radius 1 is 1.29 bits per heavy atom. The highest BCUT2D eigenvalue weighted by Crippen LogP contribution is 2.45. The van der Waals surface area contributed by atoms with Gasteiger partial charge < -0.3 is 19.3 Å². The van der Waals surface area contributed by atoms with Crippen LogP contribution in [0.3, 0.4) is 0 Å². The second-order valence-electron chi connectivity index (χ2n) is 9.37. The van der Waals surface area contributed by atoms with Gasteiger partial charge in [0.15, 0.2) is 11.6 Å². The number of hydrogen-bond donors (Lipinski definition) is 2. The van der Waals surface area contributed by atoms with Gasteiger partial charge in [-0.25, -0.2) is 9.18 Å². The van der Waals surface area contributed by atoms with Gasteiger partial charge in [0.1, 0.15) is 23.0 Å². The predicted molar refractivity (Wildman–Crippen MR) is 126 cm³/mol. The van der Waals surface area contributed by atoms with Crippen LogP contribution < -0.4 is 20.5 Å². The largest absolute Gasteiger partial charge is 0.492 e. The molecule has 2 fully saturated rings. The summed E-state index contributed by atoms with van der Waals surface area (Å²) in [6.07, 6.45) is -1.17. The zero-order valence-corrected chi connectivity index (χ0v) is 19.8. The second-order valence-corrected chi connectivity index (χ2v) is 9.37. The fourth-order valence-electron chi connectivity index (χ4n) is 5.07. The first-order chi connectivity index (χ1) is 18.1. The lowest BCUT2D eigenvalue weighted by atomic mass is 10.1. The Morgan fingerprint density at radius 3 is 2.66 bits per heavy atom. The summed E-state index contributed by atoms with van der Waals surface area (Å²) in [5.41, 5.74) is 2.36. The summed E-state index contributed by atoms with van der Waals surface area (Å²) < 4.78 is 61.7. The van der Waals surface area contributed by atoms with Crippen molar-refractivity contribution >= 4 is 28.3 Å². The number of ether oxygens (including phenoxy) is 1. The van der Waals surface area contributed by atoms with Crippen LogP contribution in [0.4, 0.5) is 23.2 Å². The number of hydroxylamine groups is 1. The van der Waals surface area contributed by atoms with Gasteiger partial charge in [0.05, 0.1) is 30.3 Å². The number of carboxylic acids is 1. The Labute approximate surface area is 211 Å². The highest BCUT2D eigenvalue weighted by molar-refractivity contribution is 5.97. The Hall–Kier alpha value is -4.13. The summed E-state index contributed by atoms with van der Waals surface area (Å²) >= 11 is 0. The maximum absolute atomic E-state index is 15.6. The van der Waals surface area contributed by atoms with Crippen molar-refractivity contribution in [2.45, 2.75) is 31.2 Å². The molecule has 1 aliphatic carbocycles. The average molecular weight is 532 g/mol. The molecule has 6 rings (SSSR count). The molecule has 0 bridgehead atoms. The molecule has 13 heteroatoms. The van der Waals surface area contributed by atoms with Crippen LogP contribution in [-0.2, 0) is 11.0 Å². The van der Waals surface area contributed by atoms with E-state index in [0.29, 0.717) is 22.4 Å². The van der Waals surface area contributed by atoms with Crippen molar-refractivity contribution in [2.24, 2.45) is 0 Å². The van der Waals surface area contributed by atoms with E-state index in [9.17, 15) is 27.9 Å². The minimum atomic E-state index is -4.57. The summed E-state index contributed by atoms with van der Waals surface area (Å²) in [7, 11) is 1.35. The molecule has 3 aliphatic rings.